The molecule has 0 bridgehead atoms. The maximum atomic E-state index is 4.84. The molecule has 1 unspecified atom stereocenters. The van der Waals surface area contributed by atoms with Crippen molar-refractivity contribution in [3.8, 4) is 0 Å². The van der Waals surface area contributed by atoms with Crippen LogP contribution in [0.5, 0.6) is 0 Å². The van der Waals surface area contributed by atoms with E-state index in [4.69, 9.17) is 5.10 Å². The molecule has 0 amide bonds. The molecule has 1 fully saturated rings. The van der Waals surface area contributed by atoms with Crippen LogP contribution >= 0.6 is 0 Å². The summed E-state index contributed by atoms with van der Waals surface area (Å²) in [5.74, 6) is 1.91. The van der Waals surface area contributed by atoms with Crippen molar-refractivity contribution >= 4 is 17.2 Å². The molecule has 1 aliphatic rings. The molecule has 28 heavy (non-hydrogen) atoms. The lowest BCUT2D eigenvalue weighted by molar-refractivity contribution is 0.392. The lowest BCUT2D eigenvalue weighted by Gasteiger charge is -2.23. The summed E-state index contributed by atoms with van der Waals surface area (Å²) >= 11 is 0. The molecule has 1 saturated heterocycles. The molecular formula is C22H30N6. The van der Waals surface area contributed by atoms with Crippen LogP contribution in [-0.2, 0) is 6.54 Å². The number of nitrogens with zero attached hydrogens (tertiary/aromatic N) is 3. The van der Waals surface area contributed by atoms with Gasteiger partial charge in [-0.2, -0.15) is 0 Å². The molecule has 1 aliphatic heterocycles. The van der Waals surface area contributed by atoms with Gasteiger partial charge in [0.1, 0.15) is 5.82 Å². The zero-order valence-electron chi connectivity index (χ0n) is 16.8. The fourth-order valence-electron chi connectivity index (χ4n) is 3.74. The number of aromatic nitrogens is 3. The van der Waals surface area contributed by atoms with Gasteiger partial charge in [0.2, 0.25) is 0 Å². The summed E-state index contributed by atoms with van der Waals surface area (Å²) in [7, 11) is 0. The Bertz CT molecular complexity index is 896. The number of benzene rings is 1. The van der Waals surface area contributed by atoms with Crippen LogP contribution in [-0.4, -0.2) is 34.2 Å². The number of piperidine rings is 1. The van der Waals surface area contributed by atoms with E-state index in [1.165, 1.54) is 18.4 Å². The van der Waals surface area contributed by atoms with E-state index in [-0.39, 0.29) is 0 Å². The Morgan fingerprint density at radius 3 is 2.82 bits per heavy atom. The van der Waals surface area contributed by atoms with Gasteiger partial charge in [0.25, 0.3) is 0 Å². The number of nitrogens with one attached hydrogen (secondary N) is 3. The van der Waals surface area contributed by atoms with Crippen molar-refractivity contribution in [2.24, 2.45) is 5.92 Å². The van der Waals surface area contributed by atoms with E-state index in [1.54, 1.807) is 0 Å². The maximum absolute atomic E-state index is 4.84. The monoisotopic (exact) mass is 378 g/mol. The van der Waals surface area contributed by atoms with Crippen molar-refractivity contribution in [2.45, 2.75) is 39.2 Å². The largest absolute Gasteiger partial charge is 0.378 e. The van der Waals surface area contributed by atoms with Crippen LogP contribution in [0.1, 0.15) is 43.9 Å². The van der Waals surface area contributed by atoms with Crippen molar-refractivity contribution in [3.05, 3.63) is 53.9 Å². The van der Waals surface area contributed by atoms with Crippen molar-refractivity contribution in [2.75, 3.05) is 30.3 Å². The van der Waals surface area contributed by atoms with Gasteiger partial charge in [0.05, 0.1) is 17.6 Å². The van der Waals surface area contributed by atoms with Crippen LogP contribution in [0.25, 0.3) is 5.65 Å². The van der Waals surface area contributed by atoms with Crippen LogP contribution in [0.4, 0.5) is 11.5 Å². The second kappa shape index (κ2) is 8.61. The Balaban J connectivity index is 1.58. The molecule has 2 aromatic heterocycles. The minimum absolute atomic E-state index is 0.363. The summed E-state index contributed by atoms with van der Waals surface area (Å²) in [5, 5.41) is 15.4. The van der Waals surface area contributed by atoms with Crippen molar-refractivity contribution in [1.82, 2.24) is 19.9 Å². The molecule has 3 N–H and O–H groups in total. The minimum Gasteiger partial charge on any atom is -0.378 e. The molecule has 1 atom stereocenters. The molecular weight excluding hydrogens is 348 g/mol. The number of anilines is 2. The Labute approximate surface area is 166 Å². The predicted molar refractivity (Wildman–Crippen MR) is 115 cm³/mol. The lowest BCUT2D eigenvalue weighted by Crippen LogP contribution is -2.33. The van der Waals surface area contributed by atoms with E-state index in [9.17, 15) is 0 Å². The molecule has 0 radical (unpaired) electrons. The van der Waals surface area contributed by atoms with Gasteiger partial charge in [-0.15, -0.1) is 5.10 Å². The molecule has 3 heterocycles. The summed E-state index contributed by atoms with van der Waals surface area (Å²) in [4.78, 5) is 4.64. The highest BCUT2D eigenvalue weighted by molar-refractivity contribution is 5.71. The second-order valence-corrected chi connectivity index (χ2v) is 7.95. The van der Waals surface area contributed by atoms with Gasteiger partial charge in [-0.25, -0.2) is 9.50 Å². The van der Waals surface area contributed by atoms with Gasteiger partial charge in [0, 0.05) is 19.2 Å². The fourth-order valence-corrected chi connectivity index (χ4v) is 3.74. The number of rotatable bonds is 7. The first kappa shape index (κ1) is 18.7. The van der Waals surface area contributed by atoms with Crippen LogP contribution in [0.2, 0.25) is 0 Å². The third-order valence-corrected chi connectivity index (χ3v) is 5.38. The standard InChI is InChI=1S/C22H30N6/c1-16(2)20-15-26-22-19(24-13-17-7-4-3-5-8-17)11-21(27-28(20)22)25-14-18-9-6-10-23-12-18/h3-5,7-8,11,15-16,18,23-24H,6,9-10,12-14H2,1-2H3,(H,25,27). The van der Waals surface area contributed by atoms with Crippen LogP contribution in [0, 0.1) is 5.92 Å². The Morgan fingerprint density at radius 1 is 1.21 bits per heavy atom. The first-order valence-electron chi connectivity index (χ1n) is 10.3. The minimum atomic E-state index is 0.363. The second-order valence-electron chi connectivity index (χ2n) is 7.95. The van der Waals surface area contributed by atoms with Gasteiger partial charge in [-0.1, -0.05) is 44.2 Å². The van der Waals surface area contributed by atoms with Gasteiger partial charge < -0.3 is 16.0 Å². The average molecular weight is 379 g/mol. The predicted octanol–water partition coefficient (Wildman–Crippen LogP) is 3.88. The highest BCUT2D eigenvalue weighted by Gasteiger charge is 2.16. The smallest absolute Gasteiger partial charge is 0.177 e. The van der Waals surface area contributed by atoms with E-state index < -0.39 is 0 Å². The Morgan fingerprint density at radius 2 is 2.07 bits per heavy atom. The third kappa shape index (κ3) is 4.28. The number of fused-ring (bicyclic) bond motifs is 1. The van der Waals surface area contributed by atoms with E-state index >= 15 is 0 Å². The topological polar surface area (TPSA) is 66.3 Å². The highest BCUT2D eigenvalue weighted by Crippen LogP contribution is 2.24. The average Bonchev–Trinajstić information content (AvgIpc) is 3.16. The zero-order valence-corrected chi connectivity index (χ0v) is 16.8. The van der Waals surface area contributed by atoms with Crippen molar-refractivity contribution < 1.29 is 0 Å². The highest BCUT2D eigenvalue weighted by atomic mass is 15.3. The molecule has 1 aromatic carbocycles. The van der Waals surface area contributed by atoms with E-state index in [0.717, 1.165) is 49.0 Å². The van der Waals surface area contributed by atoms with Gasteiger partial charge >= 0.3 is 0 Å². The van der Waals surface area contributed by atoms with Crippen LogP contribution in [0.3, 0.4) is 0 Å². The van der Waals surface area contributed by atoms with Gasteiger partial charge in [0.15, 0.2) is 5.65 Å². The summed E-state index contributed by atoms with van der Waals surface area (Å²) in [6.07, 6.45) is 4.46. The molecule has 0 aliphatic carbocycles. The number of hydrogen-bond acceptors (Lipinski definition) is 5. The Kier molecular flexibility index (Phi) is 5.76. The summed E-state index contributed by atoms with van der Waals surface area (Å²) in [6.45, 7) is 8.27. The SMILES string of the molecule is CC(C)c1cnc2c(NCc3ccccc3)cc(NCC3CCCNC3)nn12. The molecule has 6 nitrogen and oxygen atoms in total. The molecule has 4 rings (SSSR count). The fraction of sp³-hybridized carbons (Fsp3) is 0.455. The van der Waals surface area contributed by atoms with Crippen LogP contribution < -0.4 is 16.0 Å². The summed E-state index contributed by atoms with van der Waals surface area (Å²) < 4.78 is 1.99. The van der Waals surface area contributed by atoms with Crippen molar-refractivity contribution in [1.29, 1.82) is 0 Å². The molecule has 6 heteroatoms. The quantitative estimate of drug-likeness (QED) is 0.582. The van der Waals surface area contributed by atoms with E-state index in [1.807, 2.05) is 16.8 Å². The number of imidazole rings is 1. The maximum Gasteiger partial charge on any atom is 0.177 e. The summed E-state index contributed by atoms with van der Waals surface area (Å²) in [5.41, 5.74) is 4.26. The van der Waals surface area contributed by atoms with Crippen LogP contribution in [0.15, 0.2) is 42.6 Å². The van der Waals surface area contributed by atoms with E-state index in [2.05, 4.69) is 65.1 Å². The van der Waals surface area contributed by atoms with E-state index in [0.29, 0.717) is 11.8 Å². The lowest BCUT2D eigenvalue weighted by atomic mass is 10.00. The van der Waals surface area contributed by atoms with Crippen molar-refractivity contribution in [3.63, 3.8) is 0 Å². The van der Waals surface area contributed by atoms with Gasteiger partial charge in [-0.05, 0) is 43.3 Å². The first-order valence-corrected chi connectivity index (χ1v) is 10.3. The molecule has 0 spiro atoms. The zero-order chi connectivity index (χ0) is 19.3. The molecule has 148 valence electrons. The first-order chi connectivity index (χ1) is 13.7. The number of hydrogen-bond donors (Lipinski definition) is 3. The Hall–Kier alpha value is -2.60. The third-order valence-electron chi connectivity index (χ3n) is 5.38. The molecule has 0 saturated carbocycles. The normalized spacial score (nSPS) is 17.2. The molecule has 3 aromatic rings. The van der Waals surface area contributed by atoms with Gasteiger partial charge in [-0.3, -0.25) is 0 Å². The summed E-state index contributed by atoms with van der Waals surface area (Å²) in [6, 6.07) is 12.5.